The van der Waals surface area contributed by atoms with E-state index in [0.29, 0.717) is 11.5 Å². The molecule has 4 atom stereocenters. The first kappa shape index (κ1) is 24.1. The van der Waals surface area contributed by atoms with Crippen LogP contribution in [-0.2, 0) is 9.47 Å². The second-order valence-corrected chi connectivity index (χ2v) is 7.64. The van der Waals surface area contributed by atoms with Crippen LogP contribution in [0.1, 0.15) is 13.8 Å². The third-order valence-corrected chi connectivity index (χ3v) is 4.79. The van der Waals surface area contributed by atoms with Gasteiger partial charge in [-0.25, -0.2) is 8.78 Å². The first-order chi connectivity index (χ1) is 15.8. The Kier molecular flexibility index (Phi) is 7.92. The highest BCUT2D eigenvalue weighted by molar-refractivity contribution is 5.23. The second kappa shape index (κ2) is 10.8. The highest BCUT2D eigenvalue weighted by atomic mass is 19.1. The van der Waals surface area contributed by atoms with E-state index in [1.807, 2.05) is 0 Å². The lowest BCUT2D eigenvalue weighted by atomic mass is 10.0. The van der Waals surface area contributed by atoms with Crippen molar-refractivity contribution in [2.75, 3.05) is 13.2 Å². The standard InChI is InChI=1S/C21H22F2N6O4/c1-21(2)32-19(17(26-28-24)11-30-15-7-3-13(22)4-8-15)20(33-21)18(27-29-25)12-31-16-9-5-14(23)6-10-16/h3-10,17-20H,11-12H2,1-2H3/t17-,18-,19+,20+/m0/s1. The molecule has 1 aliphatic heterocycles. The van der Waals surface area contributed by atoms with E-state index in [0.717, 1.165) is 0 Å². The lowest BCUT2D eigenvalue weighted by molar-refractivity contribution is -0.150. The average Bonchev–Trinajstić information content (AvgIpc) is 3.11. The van der Waals surface area contributed by atoms with Crippen LogP contribution in [0.15, 0.2) is 58.8 Å². The third kappa shape index (κ3) is 6.71. The molecular formula is C21H22F2N6O4. The molecule has 0 aliphatic carbocycles. The van der Waals surface area contributed by atoms with Gasteiger partial charge >= 0.3 is 0 Å². The predicted molar refractivity (Wildman–Crippen MR) is 113 cm³/mol. The quantitative estimate of drug-likeness (QED) is 0.270. The van der Waals surface area contributed by atoms with E-state index in [-0.39, 0.29) is 13.2 Å². The van der Waals surface area contributed by atoms with E-state index < -0.39 is 41.7 Å². The highest BCUT2D eigenvalue weighted by Crippen LogP contribution is 2.34. The number of benzene rings is 2. The van der Waals surface area contributed by atoms with Crippen LogP contribution in [0.2, 0.25) is 0 Å². The Labute approximate surface area is 188 Å². The van der Waals surface area contributed by atoms with Crippen molar-refractivity contribution in [3.8, 4) is 11.5 Å². The van der Waals surface area contributed by atoms with Crippen LogP contribution in [0.5, 0.6) is 11.5 Å². The number of halogens is 2. The first-order valence-corrected chi connectivity index (χ1v) is 10.0. The molecule has 1 saturated heterocycles. The minimum Gasteiger partial charge on any atom is -0.493 e. The maximum atomic E-state index is 13.1. The number of ether oxygens (including phenoxy) is 4. The van der Waals surface area contributed by atoms with Crippen molar-refractivity contribution in [3.05, 3.63) is 81.1 Å². The molecule has 0 spiro atoms. The van der Waals surface area contributed by atoms with Gasteiger partial charge < -0.3 is 18.9 Å². The van der Waals surface area contributed by atoms with Gasteiger partial charge in [0.1, 0.15) is 35.2 Å². The zero-order valence-corrected chi connectivity index (χ0v) is 17.9. The number of nitrogens with zero attached hydrogens (tertiary/aromatic N) is 6. The van der Waals surface area contributed by atoms with Crippen molar-refractivity contribution in [1.29, 1.82) is 0 Å². The van der Waals surface area contributed by atoms with E-state index in [2.05, 4.69) is 20.1 Å². The fraction of sp³-hybridized carbons (Fsp3) is 0.429. The van der Waals surface area contributed by atoms with Gasteiger partial charge in [0.15, 0.2) is 5.79 Å². The normalized spacial score (nSPS) is 20.7. The SMILES string of the molecule is CC1(C)O[C@H]([C@H](COc2ccc(F)cc2)N=[N+]=[N-])[C@@H]([C@H](COc2ccc(F)cc2)N=[N+]=[N-])O1. The minimum atomic E-state index is -1.08. The number of azide groups is 2. The van der Waals surface area contributed by atoms with Gasteiger partial charge in [-0.2, -0.15) is 0 Å². The van der Waals surface area contributed by atoms with Crippen LogP contribution >= 0.6 is 0 Å². The molecule has 1 aliphatic rings. The summed E-state index contributed by atoms with van der Waals surface area (Å²) in [6.07, 6.45) is -1.69. The molecule has 1 heterocycles. The van der Waals surface area contributed by atoms with Crippen molar-refractivity contribution in [2.24, 2.45) is 10.2 Å². The molecule has 0 radical (unpaired) electrons. The van der Waals surface area contributed by atoms with Gasteiger partial charge in [-0.15, -0.1) is 0 Å². The van der Waals surface area contributed by atoms with Crippen LogP contribution in [0.4, 0.5) is 8.78 Å². The summed E-state index contributed by atoms with van der Waals surface area (Å²) in [4.78, 5) is 5.75. The van der Waals surface area contributed by atoms with Crippen LogP contribution in [-0.4, -0.2) is 43.3 Å². The van der Waals surface area contributed by atoms with Crippen molar-refractivity contribution in [3.63, 3.8) is 0 Å². The monoisotopic (exact) mass is 460 g/mol. The van der Waals surface area contributed by atoms with Gasteiger partial charge in [0.25, 0.3) is 0 Å². The Morgan fingerprint density at radius 1 is 0.818 bits per heavy atom. The smallest absolute Gasteiger partial charge is 0.163 e. The van der Waals surface area contributed by atoms with E-state index >= 15 is 0 Å². The topological polar surface area (TPSA) is 134 Å². The Morgan fingerprint density at radius 3 is 1.52 bits per heavy atom. The van der Waals surface area contributed by atoms with Gasteiger partial charge in [-0.3, -0.25) is 0 Å². The summed E-state index contributed by atoms with van der Waals surface area (Å²) in [7, 11) is 0. The third-order valence-electron chi connectivity index (χ3n) is 4.79. The van der Waals surface area contributed by atoms with Crippen molar-refractivity contribution < 1.29 is 27.7 Å². The molecule has 0 saturated carbocycles. The highest BCUT2D eigenvalue weighted by Gasteiger charge is 2.48. The maximum Gasteiger partial charge on any atom is 0.163 e. The van der Waals surface area contributed by atoms with Crippen LogP contribution in [0.25, 0.3) is 20.9 Å². The molecule has 33 heavy (non-hydrogen) atoms. The number of hydrogen-bond acceptors (Lipinski definition) is 6. The van der Waals surface area contributed by atoms with E-state index in [1.165, 1.54) is 48.5 Å². The Bertz CT molecular complexity index is 943. The second-order valence-electron chi connectivity index (χ2n) is 7.64. The molecule has 0 aromatic heterocycles. The molecule has 3 rings (SSSR count). The zero-order chi connectivity index (χ0) is 23.8. The molecule has 10 nitrogen and oxygen atoms in total. The largest absolute Gasteiger partial charge is 0.493 e. The first-order valence-electron chi connectivity index (χ1n) is 10.0. The van der Waals surface area contributed by atoms with Crippen molar-refractivity contribution >= 4 is 0 Å². The van der Waals surface area contributed by atoms with E-state index in [1.54, 1.807) is 13.8 Å². The Hall–Kier alpha value is -3.56. The Morgan fingerprint density at radius 2 is 1.18 bits per heavy atom. The summed E-state index contributed by atoms with van der Waals surface area (Å²) in [6.45, 7) is 3.14. The van der Waals surface area contributed by atoms with E-state index in [9.17, 15) is 8.78 Å². The molecule has 0 amide bonds. The van der Waals surface area contributed by atoms with Crippen LogP contribution < -0.4 is 9.47 Å². The van der Waals surface area contributed by atoms with Gasteiger partial charge in [0.2, 0.25) is 0 Å². The predicted octanol–water partition coefficient (Wildman–Crippen LogP) is 5.30. The summed E-state index contributed by atoms with van der Waals surface area (Å²) >= 11 is 0. The molecule has 2 aromatic carbocycles. The van der Waals surface area contributed by atoms with Crippen LogP contribution in [0, 0.1) is 11.6 Å². The summed E-state index contributed by atoms with van der Waals surface area (Å²) in [5, 5.41) is 7.57. The number of hydrogen-bond donors (Lipinski definition) is 0. The molecular weight excluding hydrogens is 438 g/mol. The molecule has 1 fully saturated rings. The zero-order valence-electron chi connectivity index (χ0n) is 17.9. The van der Waals surface area contributed by atoms with Gasteiger partial charge in [-0.05, 0) is 73.4 Å². The fourth-order valence-electron chi connectivity index (χ4n) is 3.36. The maximum absolute atomic E-state index is 13.1. The minimum absolute atomic E-state index is 0.0991. The van der Waals surface area contributed by atoms with Crippen LogP contribution in [0.3, 0.4) is 0 Å². The van der Waals surface area contributed by atoms with Crippen molar-refractivity contribution in [2.45, 2.75) is 43.9 Å². The van der Waals surface area contributed by atoms with Gasteiger partial charge in [0, 0.05) is 9.82 Å². The summed E-state index contributed by atoms with van der Waals surface area (Å²) in [5.74, 6) is -1.16. The lowest BCUT2D eigenvalue weighted by Gasteiger charge is -2.26. The molecule has 0 bridgehead atoms. The van der Waals surface area contributed by atoms with E-state index in [4.69, 9.17) is 30.0 Å². The summed E-state index contributed by atoms with van der Waals surface area (Å²) in [6, 6.07) is 8.98. The van der Waals surface area contributed by atoms with Gasteiger partial charge in [-0.1, -0.05) is 10.2 Å². The molecule has 12 heteroatoms. The molecule has 2 aromatic rings. The number of rotatable bonds is 10. The lowest BCUT2D eigenvalue weighted by Crippen LogP contribution is -2.45. The summed E-state index contributed by atoms with van der Waals surface area (Å²) < 4.78 is 49.5. The average molecular weight is 460 g/mol. The molecule has 0 unspecified atom stereocenters. The fourth-order valence-corrected chi connectivity index (χ4v) is 3.36. The van der Waals surface area contributed by atoms with Gasteiger partial charge in [0.05, 0.1) is 25.4 Å². The van der Waals surface area contributed by atoms with Crippen molar-refractivity contribution in [1.82, 2.24) is 0 Å². The molecule has 0 N–H and O–H groups in total. The summed E-state index contributed by atoms with van der Waals surface area (Å²) in [5.41, 5.74) is 18.2. The molecule has 174 valence electrons. The Balaban J connectivity index is 1.78.